The van der Waals surface area contributed by atoms with Crippen LogP contribution in [0.2, 0.25) is 0 Å². The summed E-state index contributed by atoms with van der Waals surface area (Å²) in [6.07, 6.45) is 22.5. The third kappa shape index (κ3) is 7.09. The Bertz CT molecular complexity index is 4120. The SMILES string of the molecule is C1=CCCC(N(C2=CCCC=C2)c2ccc3c4ccc(/C=C/c5ccc6cc(-c7cc(-c8ccccc8)c8c(c7-c7ccccc7)-c7cccc9cccc-8c79)ccc6c5)cc4n(-c4ccccc4)c3c2)=C1. The third-order valence-corrected chi connectivity index (χ3v) is 15.1. The van der Waals surface area contributed by atoms with Crippen LogP contribution < -0.4 is 4.90 Å². The van der Waals surface area contributed by atoms with E-state index in [2.05, 4.69) is 264 Å². The molecule has 1 heterocycles. The van der Waals surface area contributed by atoms with Gasteiger partial charge in [0.2, 0.25) is 0 Å². The molecule has 340 valence electrons. The lowest BCUT2D eigenvalue weighted by molar-refractivity contribution is 0.887. The number of fused-ring (bicyclic) bond motifs is 7. The molecule has 10 aromatic carbocycles. The number of hydrogen-bond donors (Lipinski definition) is 0. The molecule has 0 radical (unpaired) electrons. The van der Waals surface area contributed by atoms with E-state index in [1.54, 1.807) is 0 Å². The van der Waals surface area contributed by atoms with Crippen LogP contribution in [0.1, 0.15) is 36.8 Å². The van der Waals surface area contributed by atoms with E-state index in [0.29, 0.717) is 0 Å². The minimum Gasteiger partial charge on any atom is -0.314 e. The van der Waals surface area contributed by atoms with Gasteiger partial charge in [0, 0.05) is 33.5 Å². The Morgan fingerprint density at radius 3 is 1.85 bits per heavy atom. The molecular weight excluding hydrogens is 869 g/mol. The molecule has 3 aliphatic carbocycles. The Labute approximate surface area is 420 Å². The number of para-hydroxylation sites is 1. The molecule has 0 saturated heterocycles. The first kappa shape index (κ1) is 41.9. The van der Waals surface area contributed by atoms with Crippen LogP contribution in [0, 0.1) is 0 Å². The number of nitrogens with zero attached hydrogens (tertiary/aromatic N) is 2. The summed E-state index contributed by atoms with van der Waals surface area (Å²) in [7, 11) is 0. The number of benzene rings is 10. The van der Waals surface area contributed by atoms with Crippen LogP contribution in [-0.4, -0.2) is 4.57 Å². The highest BCUT2D eigenvalue weighted by Gasteiger charge is 2.30. The largest absolute Gasteiger partial charge is 0.314 e. The van der Waals surface area contributed by atoms with Crippen LogP contribution >= 0.6 is 0 Å². The summed E-state index contributed by atoms with van der Waals surface area (Å²) in [6, 6.07) is 76.7. The zero-order valence-electron chi connectivity index (χ0n) is 40.0. The highest BCUT2D eigenvalue weighted by atomic mass is 15.2. The van der Waals surface area contributed by atoms with Gasteiger partial charge in [0.1, 0.15) is 0 Å². The number of allylic oxidation sites excluding steroid dienone is 7. The van der Waals surface area contributed by atoms with Gasteiger partial charge in [-0.3, -0.25) is 0 Å². The van der Waals surface area contributed by atoms with Crippen molar-refractivity contribution in [1.82, 2.24) is 4.57 Å². The fourth-order valence-electron chi connectivity index (χ4n) is 11.8. The lowest BCUT2D eigenvalue weighted by Gasteiger charge is -2.31. The molecule has 14 rings (SSSR count). The molecule has 0 atom stereocenters. The molecule has 3 aliphatic rings. The molecule has 0 fully saturated rings. The van der Waals surface area contributed by atoms with Crippen molar-refractivity contribution < 1.29 is 0 Å². The standard InChI is InChI=1S/C70H50N2/c1-6-18-49(19-7-1)63-46-64(68(51-20-8-2-9-21-51)70-62-31-17-23-50-22-16-30-61(67(50)62)69(63)70)54-38-37-52-42-47(34-36-53(52)44-54)32-33-48-35-40-59-60-41-39-58(45-66(60)72(65(59)43-48)57-28-14-5-15-29-57)71(55-24-10-3-11-25-55)56-26-12-4-13-27-56/h1-3,5-10,12,14-24,26-46H,4,11,13,25H2/b33-32+. The summed E-state index contributed by atoms with van der Waals surface area (Å²) in [5, 5.41) is 7.55. The zero-order chi connectivity index (χ0) is 47.5. The van der Waals surface area contributed by atoms with Crippen LogP contribution in [0.4, 0.5) is 5.69 Å². The van der Waals surface area contributed by atoms with Crippen molar-refractivity contribution in [1.29, 1.82) is 0 Å². The first-order valence-electron chi connectivity index (χ1n) is 25.4. The molecular formula is C70H50N2. The maximum Gasteiger partial charge on any atom is 0.0561 e. The predicted molar refractivity (Wildman–Crippen MR) is 307 cm³/mol. The van der Waals surface area contributed by atoms with Crippen LogP contribution in [0.5, 0.6) is 0 Å². The quantitative estimate of drug-likeness (QED) is 0.131. The van der Waals surface area contributed by atoms with Crippen LogP contribution in [-0.2, 0) is 0 Å². The zero-order valence-corrected chi connectivity index (χ0v) is 40.0. The van der Waals surface area contributed by atoms with E-state index in [1.165, 1.54) is 122 Å². The minimum absolute atomic E-state index is 1.02. The van der Waals surface area contributed by atoms with Crippen molar-refractivity contribution in [2.45, 2.75) is 25.7 Å². The molecule has 72 heavy (non-hydrogen) atoms. The van der Waals surface area contributed by atoms with Crippen LogP contribution in [0.15, 0.2) is 254 Å². The summed E-state index contributed by atoms with van der Waals surface area (Å²) >= 11 is 0. The van der Waals surface area contributed by atoms with Crippen LogP contribution in [0.25, 0.3) is 117 Å². The number of hydrogen-bond acceptors (Lipinski definition) is 1. The predicted octanol–water partition coefficient (Wildman–Crippen LogP) is 19.2. The van der Waals surface area contributed by atoms with Gasteiger partial charge in [-0.1, -0.05) is 194 Å². The normalized spacial score (nSPS) is 13.9. The molecule has 0 unspecified atom stereocenters. The van der Waals surface area contributed by atoms with Gasteiger partial charge in [-0.25, -0.2) is 0 Å². The first-order valence-corrected chi connectivity index (χ1v) is 25.4. The maximum absolute atomic E-state index is 2.47. The van der Waals surface area contributed by atoms with E-state index in [-0.39, 0.29) is 0 Å². The van der Waals surface area contributed by atoms with Crippen molar-refractivity contribution >= 4 is 61.2 Å². The topological polar surface area (TPSA) is 8.17 Å². The van der Waals surface area contributed by atoms with Gasteiger partial charge in [0.05, 0.1) is 11.0 Å². The third-order valence-electron chi connectivity index (χ3n) is 15.1. The molecule has 0 bridgehead atoms. The lowest BCUT2D eigenvalue weighted by atomic mass is 9.82. The van der Waals surface area contributed by atoms with Gasteiger partial charge in [-0.05, 0) is 175 Å². The Balaban J connectivity index is 0.853. The van der Waals surface area contributed by atoms with E-state index >= 15 is 0 Å². The molecule has 2 heteroatoms. The summed E-state index contributed by atoms with van der Waals surface area (Å²) < 4.78 is 2.45. The molecule has 0 N–H and O–H groups in total. The van der Waals surface area contributed by atoms with Gasteiger partial charge in [0.15, 0.2) is 0 Å². The maximum atomic E-state index is 2.47. The van der Waals surface area contributed by atoms with Crippen molar-refractivity contribution in [2.75, 3.05) is 4.90 Å². The Hall–Kier alpha value is -8.98. The smallest absolute Gasteiger partial charge is 0.0561 e. The molecule has 0 aliphatic heterocycles. The fourth-order valence-corrected chi connectivity index (χ4v) is 11.8. The van der Waals surface area contributed by atoms with Gasteiger partial charge < -0.3 is 9.47 Å². The lowest BCUT2D eigenvalue weighted by Crippen LogP contribution is -2.22. The second kappa shape index (κ2) is 17.5. The monoisotopic (exact) mass is 918 g/mol. The second-order valence-corrected chi connectivity index (χ2v) is 19.4. The van der Waals surface area contributed by atoms with E-state index in [1.807, 2.05) is 0 Å². The summed E-state index contributed by atoms with van der Waals surface area (Å²) in [6.45, 7) is 0. The van der Waals surface area contributed by atoms with Crippen molar-refractivity contribution in [3.63, 3.8) is 0 Å². The summed E-state index contributed by atoms with van der Waals surface area (Å²) in [4.78, 5) is 2.47. The van der Waals surface area contributed by atoms with Crippen molar-refractivity contribution in [3.05, 3.63) is 265 Å². The highest BCUT2D eigenvalue weighted by Crippen LogP contribution is 2.57. The average Bonchev–Trinajstić information content (AvgIpc) is 3.96. The van der Waals surface area contributed by atoms with Gasteiger partial charge in [0.25, 0.3) is 0 Å². The second-order valence-electron chi connectivity index (χ2n) is 19.4. The first-order chi connectivity index (χ1) is 35.7. The molecule has 1 aromatic heterocycles. The molecule has 0 spiro atoms. The average molecular weight is 919 g/mol. The van der Waals surface area contributed by atoms with Gasteiger partial charge >= 0.3 is 0 Å². The van der Waals surface area contributed by atoms with E-state index < -0.39 is 0 Å². The van der Waals surface area contributed by atoms with Gasteiger partial charge in [-0.2, -0.15) is 0 Å². The summed E-state index contributed by atoms with van der Waals surface area (Å²) in [5.74, 6) is 0. The molecule has 11 aromatic rings. The van der Waals surface area contributed by atoms with Crippen molar-refractivity contribution in [2.24, 2.45) is 0 Å². The van der Waals surface area contributed by atoms with Crippen LogP contribution in [0.3, 0.4) is 0 Å². The van der Waals surface area contributed by atoms with Crippen molar-refractivity contribution in [3.8, 4) is 61.3 Å². The molecule has 0 saturated carbocycles. The Kier molecular flexibility index (Phi) is 10.2. The molecule has 2 nitrogen and oxygen atoms in total. The van der Waals surface area contributed by atoms with E-state index in [4.69, 9.17) is 0 Å². The van der Waals surface area contributed by atoms with E-state index in [0.717, 1.165) is 36.9 Å². The Morgan fingerprint density at radius 2 is 1.10 bits per heavy atom. The Morgan fingerprint density at radius 1 is 0.431 bits per heavy atom. The van der Waals surface area contributed by atoms with Gasteiger partial charge in [-0.15, -0.1) is 0 Å². The molecule has 0 amide bonds. The number of rotatable bonds is 9. The number of aromatic nitrogens is 1. The highest BCUT2D eigenvalue weighted by molar-refractivity contribution is 6.23. The fraction of sp³-hybridized carbons (Fsp3) is 0.0571. The number of anilines is 1. The van der Waals surface area contributed by atoms with E-state index in [9.17, 15) is 0 Å². The minimum atomic E-state index is 1.02. The summed E-state index contributed by atoms with van der Waals surface area (Å²) in [5.41, 5.74) is 22.4.